The van der Waals surface area contributed by atoms with Crippen LogP contribution in [0.4, 0.5) is 0 Å². The lowest BCUT2D eigenvalue weighted by Crippen LogP contribution is -2.71. The number of benzene rings is 2. The second kappa shape index (κ2) is 9.11. The summed E-state index contributed by atoms with van der Waals surface area (Å²) in [6.45, 7) is 3.53. The Bertz CT molecular complexity index is 1110. The Labute approximate surface area is 201 Å². The highest BCUT2D eigenvalue weighted by atomic mass is 32.2. The largest absolute Gasteiger partial charge is 0.480 e. The topological polar surface area (TPSA) is 142 Å². The summed E-state index contributed by atoms with van der Waals surface area (Å²) >= 11 is 1.33. The van der Waals surface area contributed by atoms with E-state index in [1.54, 1.807) is 68.4 Å². The Kier molecular flexibility index (Phi) is 6.37. The Morgan fingerprint density at radius 2 is 1.56 bits per heavy atom. The SMILES string of the molecule is CC1(C)S[C@@H]2[C@H](NC(=O)[C@@H](NC(=O)[C@@H](N)c3ccccc3)c3ccccc3)C(=O)N2[C@H]1C(=O)O. The lowest BCUT2D eigenvalue weighted by Gasteiger charge is -2.44. The Morgan fingerprint density at radius 1 is 1.00 bits per heavy atom. The molecule has 2 aromatic carbocycles. The number of nitrogens with two attached hydrogens (primary N) is 1. The Morgan fingerprint density at radius 3 is 2.12 bits per heavy atom. The van der Waals surface area contributed by atoms with Crippen LogP contribution in [-0.2, 0) is 19.2 Å². The molecule has 0 aliphatic carbocycles. The molecule has 10 heteroatoms. The first kappa shape index (κ1) is 23.8. The molecule has 2 fully saturated rings. The van der Waals surface area contributed by atoms with E-state index >= 15 is 0 Å². The average Bonchev–Trinajstić information content (AvgIpc) is 3.09. The number of nitrogens with zero attached hydrogens (tertiary/aromatic N) is 1. The van der Waals surface area contributed by atoms with Crippen LogP contribution in [0.2, 0.25) is 0 Å². The van der Waals surface area contributed by atoms with Crippen LogP contribution in [-0.4, -0.2) is 55.9 Å². The molecular weight excluding hydrogens is 456 g/mol. The second-order valence-electron chi connectivity index (χ2n) is 8.83. The number of nitrogens with one attached hydrogen (secondary N) is 2. The van der Waals surface area contributed by atoms with Crippen LogP contribution in [0, 0.1) is 0 Å². The molecule has 178 valence electrons. The number of carboxylic acids is 1. The molecule has 5 atom stereocenters. The molecule has 2 aromatic rings. The smallest absolute Gasteiger partial charge is 0.327 e. The van der Waals surface area contributed by atoms with Gasteiger partial charge in [-0.3, -0.25) is 14.4 Å². The van der Waals surface area contributed by atoms with Crippen LogP contribution < -0.4 is 16.4 Å². The zero-order valence-electron chi connectivity index (χ0n) is 18.7. The van der Waals surface area contributed by atoms with E-state index in [1.807, 2.05) is 6.07 Å². The highest BCUT2D eigenvalue weighted by Gasteiger charge is 2.64. The fourth-order valence-electron chi connectivity index (χ4n) is 4.37. The van der Waals surface area contributed by atoms with Gasteiger partial charge in [-0.15, -0.1) is 11.8 Å². The van der Waals surface area contributed by atoms with Crippen LogP contribution >= 0.6 is 11.8 Å². The van der Waals surface area contributed by atoms with Gasteiger partial charge in [-0.25, -0.2) is 4.79 Å². The summed E-state index contributed by atoms with van der Waals surface area (Å²) in [6, 6.07) is 13.5. The minimum Gasteiger partial charge on any atom is -0.480 e. The normalized spacial score (nSPS) is 24.4. The molecule has 2 aliphatic rings. The van der Waals surface area contributed by atoms with Gasteiger partial charge in [0.05, 0.1) is 0 Å². The highest BCUT2D eigenvalue weighted by molar-refractivity contribution is 8.01. The van der Waals surface area contributed by atoms with Crippen molar-refractivity contribution in [3.8, 4) is 0 Å². The van der Waals surface area contributed by atoms with Crippen molar-refractivity contribution in [2.45, 2.75) is 48.1 Å². The van der Waals surface area contributed by atoms with E-state index < -0.39 is 58.0 Å². The van der Waals surface area contributed by atoms with Crippen molar-refractivity contribution in [1.29, 1.82) is 0 Å². The van der Waals surface area contributed by atoms with E-state index in [0.717, 1.165) is 0 Å². The number of fused-ring (bicyclic) bond motifs is 1. The molecule has 4 rings (SSSR count). The number of amides is 3. The molecule has 0 saturated carbocycles. The third-order valence-corrected chi connectivity index (χ3v) is 7.67. The summed E-state index contributed by atoms with van der Waals surface area (Å²) in [5, 5.41) is 14.5. The van der Waals surface area contributed by atoms with Crippen molar-refractivity contribution >= 4 is 35.5 Å². The van der Waals surface area contributed by atoms with Crippen molar-refractivity contribution in [3.63, 3.8) is 0 Å². The third-order valence-electron chi connectivity index (χ3n) is 6.10. The molecule has 2 saturated heterocycles. The van der Waals surface area contributed by atoms with Gasteiger partial charge in [-0.1, -0.05) is 60.7 Å². The van der Waals surface area contributed by atoms with Crippen molar-refractivity contribution in [2.24, 2.45) is 5.73 Å². The van der Waals surface area contributed by atoms with E-state index in [1.165, 1.54) is 16.7 Å². The van der Waals surface area contributed by atoms with E-state index in [0.29, 0.717) is 11.1 Å². The van der Waals surface area contributed by atoms with Gasteiger partial charge in [0.1, 0.15) is 29.5 Å². The average molecular weight is 483 g/mol. The predicted molar refractivity (Wildman–Crippen MR) is 126 cm³/mol. The molecule has 0 unspecified atom stereocenters. The minimum atomic E-state index is -1.08. The number of carbonyl (C=O) groups is 4. The number of thioether (sulfide) groups is 1. The molecule has 5 N–H and O–H groups in total. The summed E-state index contributed by atoms with van der Waals surface area (Å²) in [6.07, 6.45) is 0. The highest BCUT2D eigenvalue weighted by Crippen LogP contribution is 2.50. The molecule has 34 heavy (non-hydrogen) atoms. The molecule has 3 amide bonds. The number of β-lactam (4-membered cyclic amide) rings is 1. The van der Waals surface area contributed by atoms with Crippen LogP contribution in [0.1, 0.15) is 37.1 Å². The van der Waals surface area contributed by atoms with Crippen LogP contribution in [0.3, 0.4) is 0 Å². The van der Waals surface area contributed by atoms with Gasteiger partial charge in [0.25, 0.3) is 0 Å². The van der Waals surface area contributed by atoms with Crippen molar-refractivity contribution in [1.82, 2.24) is 15.5 Å². The first-order chi connectivity index (χ1) is 16.1. The minimum absolute atomic E-state index is 0.456. The zero-order valence-corrected chi connectivity index (χ0v) is 19.5. The van der Waals surface area contributed by atoms with Gasteiger partial charge >= 0.3 is 5.97 Å². The monoisotopic (exact) mass is 482 g/mol. The number of aliphatic carboxylic acids is 1. The van der Waals surface area contributed by atoms with Crippen LogP contribution in [0.25, 0.3) is 0 Å². The summed E-state index contributed by atoms with van der Waals surface area (Å²) in [7, 11) is 0. The summed E-state index contributed by atoms with van der Waals surface area (Å²) in [5.74, 6) is -2.65. The maximum atomic E-state index is 13.3. The van der Waals surface area contributed by atoms with Crippen molar-refractivity contribution in [3.05, 3.63) is 71.8 Å². The van der Waals surface area contributed by atoms with Crippen LogP contribution in [0.5, 0.6) is 0 Å². The van der Waals surface area contributed by atoms with Crippen LogP contribution in [0.15, 0.2) is 60.7 Å². The molecule has 9 nitrogen and oxygen atoms in total. The summed E-state index contributed by atoms with van der Waals surface area (Å²) < 4.78 is -0.707. The van der Waals surface area contributed by atoms with E-state index in [-0.39, 0.29) is 0 Å². The first-order valence-electron chi connectivity index (χ1n) is 10.8. The Hall–Kier alpha value is -3.37. The first-order valence-corrected chi connectivity index (χ1v) is 11.7. The third kappa shape index (κ3) is 4.26. The van der Waals surface area contributed by atoms with Gasteiger partial charge in [-0.05, 0) is 25.0 Å². The van der Waals surface area contributed by atoms with Gasteiger partial charge in [-0.2, -0.15) is 0 Å². The summed E-state index contributed by atoms with van der Waals surface area (Å²) in [4.78, 5) is 52.0. The van der Waals surface area contributed by atoms with E-state index in [4.69, 9.17) is 5.73 Å². The number of carboxylic acid groups (broad SMARTS) is 1. The number of hydrogen-bond donors (Lipinski definition) is 4. The molecule has 0 spiro atoms. The Balaban J connectivity index is 1.52. The van der Waals surface area contributed by atoms with Crippen molar-refractivity contribution in [2.75, 3.05) is 0 Å². The van der Waals surface area contributed by atoms with Crippen molar-refractivity contribution < 1.29 is 24.3 Å². The quantitative estimate of drug-likeness (QED) is 0.434. The van der Waals surface area contributed by atoms with E-state index in [9.17, 15) is 24.3 Å². The lowest BCUT2D eigenvalue weighted by atomic mass is 9.95. The number of hydrogen-bond acceptors (Lipinski definition) is 6. The fraction of sp³-hybridized carbons (Fsp3) is 0.333. The maximum absolute atomic E-state index is 13.3. The standard InChI is InChI=1S/C24H26N4O5S/c1-24(2)18(23(32)33)28-21(31)17(22(28)34-24)27-20(30)16(14-11-7-4-8-12-14)26-19(29)15(25)13-9-5-3-6-10-13/h3-12,15-18,22H,25H2,1-2H3,(H,26,29)(H,27,30)(H,32,33)/t15-,16-,17+,18-,22+/m0/s1. The lowest BCUT2D eigenvalue weighted by molar-refractivity contribution is -0.161. The molecule has 0 aromatic heterocycles. The number of carbonyl (C=O) groups excluding carboxylic acids is 3. The van der Waals surface area contributed by atoms with Gasteiger partial charge < -0.3 is 26.4 Å². The van der Waals surface area contributed by atoms with Gasteiger partial charge in [0.15, 0.2) is 0 Å². The molecule has 2 aliphatic heterocycles. The number of rotatable bonds is 7. The van der Waals surface area contributed by atoms with Gasteiger partial charge in [0, 0.05) is 4.75 Å². The molecule has 0 radical (unpaired) electrons. The maximum Gasteiger partial charge on any atom is 0.327 e. The fourth-order valence-corrected chi connectivity index (χ4v) is 6.00. The second-order valence-corrected chi connectivity index (χ2v) is 10.6. The molecule has 0 bridgehead atoms. The van der Waals surface area contributed by atoms with Gasteiger partial charge in [0.2, 0.25) is 17.7 Å². The summed E-state index contributed by atoms with van der Waals surface area (Å²) in [5.41, 5.74) is 7.23. The zero-order chi connectivity index (χ0) is 24.6. The molecular formula is C24H26N4O5S. The predicted octanol–water partition coefficient (Wildman–Crippen LogP) is 1.18. The van der Waals surface area contributed by atoms with E-state index in [2.05, 4.69) is 10.6 Å². The molecule has 2 heterocycles.